The van der Waals surface area contributed by atoms with Gasteiger partial charge < -0.3 is 24.8 Å². The first-order valence-electron chi connectivity index (χ1n) is 10.1. The minimum absolute atomic E-state index is 0. The first-order valence-corrected chi connectivity index (χ1v) is 10.1. The number of methoxy groups -OCH3 is 2. The highest BCUT2D eigenvalue weighted by Crippen LogP contribution is 2.30. The maximum Gasteiger partial charge on any atom is 0.191 e. The summed E-state index contributed by atoms with van der Waals surface area (Å²) in [6, 6.07) is 14.2. The van der Waals surface area contributed by atoms with Gasteiger partial charge in [0.2, 0.25) is 0 Å². The Labute approximate surface area is 196 Å². The Balaban J connectivity index is 0.00000320. The molecule has 0 radical (unpaired) electrons. The molecule has 1 saturated carbocycles. The third kappa shape index (κ3) is 7.27. The highest BCUT2D eigenvalue weighted by atomic mass is 127. The van der Waals surface area contributed by atoms with Gasteiger partial charge in [0.25, 0.3) is 0 Å². The van der Waals surface area contributed by atoms with E-state index in [-0.39, 0.29) is 24.0 Å². The van der Waals surface area contributed by atoms with Crippen molar-refractivity contribution in [2.24, 2.45) is 10.9 Å². The van der Waals surface area contributed by atoms with Gasteiger partial charge in [-0.25, -0.2) is 0 Å². The summed E-state index contributed by atoms with van der Waals surface area (Å²) in [5, 5.41) is 6.73. The van der Waals surface area contributed by atoms with Crippen LogP contribution >= 0.6 is 24.0 Å². The lowest BCUT2D eigenvalue weighted by Crippen LogP contribution is -2.37. The van der Waals surface area contributed by atoms with Gasteiger partial charge in [-0.2, -0.15) is 0 Å². The SMILES string of the molecule is CN=C(NCCc1ccc(OC)c(OC)c1)NCc1ccccc1OCC1CC1.I. The summed E-state index contributed by atoms with van der Waals surface area (Å²) in [5.74, 6) is 3.94. The molecule has 0 atom stereocenters. The molecule has 0 saturated heterocycles. The van der Waals surface area contributed by atoms with Gasteiger partial charge in [-0.1, -0.05) is 24.3 Å². The van der Waals surface area contributed by atoms with Gasteiger partial charge in [-0.15, -0.1) is 24.0 Å². The monoisotopic (exact) mass is 525 g/mol. The average Bonchev–Trinajstić information content (AvgIpc) is 3.59. The van der Waals surface area contributed by atoms with E-state index in [1.165, 1.54) is 18.4 Å². The minimum Gasteiger partial charge on any atom is -0.493 e. The smallest absolute Gasteiger partial charge is 0.191 e. The summed E-state index contributed by atoms with van der Waals surface area (Å²) < 4.78 is 16.6. The van der Waals surface area contributed by atoms with Gasteiger partial charge in [0.05, 0.1) is 20.8 Å². The van der Waals surface area contributed by atoms with Gasteiger partial charge in [0, 0.05) is 25.7 Å². The van der Waals surface area contributed by atoms with Crippen LogP contribution in [0.5, 0.6) is 17.2 Å². The average molecular weight is 525 g/mol. The van der Waals surface area contributed by atoms with Crippen molar-refractivity contribution in [1.29, 1.82) is 0 Å². The molecule has 30 heavy (non-hydrogen) atoms. The van der Waals surface area contributed by atoms with Crippen LogP contribution in [0.1, 0.15) is 24.0 Å². The fourth-order valence-electron chi connectivity index (χ4n) is 3.04. The zero-order chi connectivity index (χ0) is 20.5. The molecule has 164 valence electrons. The zero-order valence-corrected chi connectivity index (χ0v) is 20.3. The highest BCUT2D eigenvalue weighted by molar-refractivity contribution is 14.0. The third-order valence-corrected chi connectivity index (χ3v) is 4.97. The Morgan fingerprint density at radius 2 is 1.77 bits per heavy atom. The van der Waals surface area contributed by atoms with Crippen molar-refractivity contribution in [1.82, 2.24) is 10.6 Å². The van der Waals surface area contributed by atoms with Crippen LogP contribution in [0.2, 0.25) is 0 Å². The van der Waals surface area contributed by atoms with Crippen LogP contribution in [-0.4, -0.2) is 40.4 Å². The van der Waals surface area contributed by atoms with Crippen LogP contribution in [0.15, 0.2) is 47.5 Å². The van der Waals surface area contributed by atoms with E-state index in [0.717, 1.165) is 54.3 Å². The molecule has 2 aromatic carbocycles. The first-order chi connectivity index (χ1) is 14.2. The van der Waals surface area contributed by atoms with Crippen molar-refractivity contribution in [3.05, 3.63) is 53.6 Å². The Morgan fingerprint density at radius 3 is 2.47 bits per heavy atom. The number of guanidine groups is 1. The molecule has 0 aromatic heterocycles. The van der Waals surface area contributed by atoms with E-state index in [9.17, 15) is 0 Å². The second-order valence-electron chi connectivity index (χ2n) is 7.15. The molecule has 1 aliphatic carbocycles. The summed E-state index contributed by atoms with van der Waals surface area (Å²) in [6.07, 6.45) is 3.43. The molecular formula is C23H32IN3O3. The lowest BCUT2D eigenvalue weighted by atomic mass is 10.1. The van der Waals surface area contributed by atoms with Crippen LogP contribution in [-0.2, 0) is 13.0 Å². The van der Waals surface area contributed by atoms with E-state index in [0.29, 0.717) is 6.54 Å². The number of rotatable bonds is 10. The molecule has 0 aliphatic heterocycles. The second kappa shape index (κ2) is 12.5. The van der Waals surface area contributed by atoms with E-state index in [2.05, 4.69) is 21.7 Å². The van der Waals surface area contributed by atoms with Crippen molar-refractivity contribution < 1.29 is 14.2 Å². The van der Waals surface area contributed by atoms with Crippen molar-refractivity contribution in [3.63, 3.8) is 0 Å². The fourth-order valence-corrected chi connectivity index (χ4v) is 3.04. The molecule has 6 nitrogen and oxygen atoms in total. The van der Waals surface area contributed by atoms with Gasteiger partial charge >= 0.3 is 0 Å². The van der Waals surface area contributed by atoms with Gasteiger partial charge in [0.15, 0.2) is 17.5 Å². The number of nitrogens with zero attached hydrogens (tertiary/aromatic N) is 1. The molecule has 0 spiro atoms. The fraction of sp³-hybridized carbons (Fsp3) is 0.435. The molecule has 0 unspecified atom stereocenters. The summed E-state index contributed by atoms with van der Waals surface area (Å²) in [5.41, 5.74) is 2.31. The predicted octanol–water partition coefficient (Wildman–Crippen LogP) is 4.02. The van der Waals surface area contributed by atoms with Crippen LogP contribution in [0.4, 0.5) is 0 Å². The quantitative estimate of drug-likeness (QED) is 0.279. The predicted molar refractivity (Wildman–Crippen MR) is 132 cm³/mol. The van der Waals surface area contributed by atoms with E-state index >= 15 is 0 Å². The van der Waals surface area contributed by atoms with Gasteiger partial charge in [-0.3, -0.25) is 4.99 Å². The van der Waals surface area contributed by atoms with Crippen LogP contribution in [0, 0.1) is 5.92 Å². The number of ether oxygens (including phenoxy) is 3. The topological polar surface area (TPSA) is 64.1 Å². The van der Waals surface area contributed by atoms with Crippen molar-refractivity contribution in [2.75, 3.05) is 34.4 Å². The molecule has 1 aliphatic rings. The van der Waals surface area contributed by atoms with Crippen LogP contribution < -0.4 is 24.8 Å². The van der Waals surface area contributed by atoms with E-state index in [1.807, 2.05) is 36.4 Å². The molecule has 0 amide bonds. The lowest BCUT2D eigenvalue weighted by Gasteiger charge is -2.15. The summed E-state index contributed by atoms with van der Waals surface area (Å²) in [7, 11) is 5.07. The van der Waals surface area contributed by atoms with Gasteiger partial charge in [0.1, 0.15) is 5.75 Å². The second-order valence-corrected chi connectivity index (χ2v) is 7.15. The molecule has 0 heterocycles. The molecule has 2 aromatic rings. The Kier molecular flexibility index (Phi) is 10.1. The lowest BCUT2D eigenvalue weighted by molar-refractivity contribution is 0.296. The molecule has 2 N–H and O–H groups in total. The normalized spacial score (nSPS) is 13.2. The highest BCUT2D eigenvalue weighted by Gasteiger charge is 2.22. The molecule has 1 fully saturated rings. The molecular weight excluding hydrogens is 493 g/mol. The number of para-hydroxylation sites is 1. The van der Waals surface area contributed by atoms with E-state index in [1.54, 1.807) is 21.3 Å². The van der Waals surface area contributed by atoms with Crippen molar-refractivity contribution in [3.8, 4) is 17.2 Å². The van der Waals surface area contributed by atoms with Crippen molar-refractivity contribution in [2.45, 2.75) is 25.8 Å². The molecule has 7 heteroatoms. The maximum atomic E-state index is 5.98. The first kappa shape index (κ1) is 24.1. The van der Waals surface area contributed by atoms with Crippen LogP contribution in [0.3, 0.4) is 0 Å². The molecule has 3 rings (SSSR count). The Hall–Kier alpha value is -2.16. The van der Waals surface area contributed by atoms with Gasteiger partial charge in [-0.05, 0) is 48.9 Å². The van der Waals surface area contributed by atoms with E-state index in [4.69, 9.17) is 14.2 Å². The standard InChI is InChI=1S/C23H31N3O3.HI/c1-24-23(25-13-12-17-10-11-21(27-2)22(14-17)28-3)26-15-19-6-4-5-7-20(19)29-16-18-8-9-18;/h4-7,10-11,14,18H,8-9,12-13,15-16H2,1-3H3,(H2,24,25,26);1H. The van der Waals surface area contributed by atoms with E-state index < -0.39 is 0 Å². The number of benzene rings is 2. The number of hydrogen-bond acceptors (Lipinski definition) is 4. The Morgan fingerprint density at radius 1 is 1.00 bits per heavy atom. The van der Waals surface area contributed by atoms with Crippen LogP contribution in [0.25, 0.3) is 0 Å². The summed E-state index contributed by atoms with van der Waals surface area (Å²) >= 11 is 0. The number of hydrogen-bond donors (Lipinski definition) is 2. The molecule has 0 bridgehead atoms. The number of aliphatic imine (C=N–C) groups is 1. The van der Waals surface area contributed by atoms with Crippen molar-refractivity contribution >= 4 is 29.9 Å². The minimum atomic E-state index is 0. The largest absolute Gasteiger partial charge is 0.493 e. The number of nitrogens with one attached hydrogen (secondary N) is 2. The maximum absolute atomic E-state index is 5.98. The summed E-state index contributed by atoms with van der Waals surface area (Å²) in [4.78, 5) is 4.32. The summed E-state index contributed by atoms with van der Waals surface area (Å²) in [6.45, 7) is 2.24. The third-order valence-electron chi connectivity index (χ3n) is 4.97. The number of halogens is 1. The zero-order valence-electron chi connectivity index (χ0n) is 17.9. The Bertz CT molecular complexity index is 825.